The first-order valence-corrected chi connectivity index (χ1v) is 8.99. The highest BCUT2D eigenvalue weighted by atomic mass is 17.1. The minimum atomic E-state index is -0.891. The van der Waals surface area contributed by atoms with E-state index in [1.807, 2.05) is 6.92 Å². The SMILES string of the molecule is C=C1C(=O)O[C@H]2/C=C(\C)CC[C@H](OO)C(=C)C[C@H](OC(=O)/C(=C/CO)CO)[C@@H]12. The number of esters is 2. The molecular formula is C20H26O8. The molecule has 154 valence electrons. The van der Waals surface area contributed by atoms with Gasteiger partial charge in [0.2, 0.25) is 0 Å². The molecule has 1 fully saturated rings. The first-order chi connectivity index (χ1) is 13.3. The lowest BCUT2D eigenvalue weighted by Crippen LogP contribution is -2.35. The van der Waals surface area contributed by atoms with Crippen LogP contribution in [0.2, 0.25) is 0 Å². The van der Waals surface area contributed by atoms with Gasteiger partial charge >= 0.3 is 11.9 Å². The van der Waals surface area contributed by atoms with Crippen LogP contribution in [0.1, 0.15) is 26.2 Å². The molecule has 1 aliphatic carbocycles. The van der Waals surface area contributed by atoms with E-state index in [4.69, 9.17) is 14.6 Å². The van der Waals surface area contributed by atoms with Gasteiger partial charge in [-0.3, -0.25) is 5.26 Å². The molecule has 8 heteroatoms. The lowest BCUT2D eigenvalue weighted by Gasteiger charge is -2.29. The maximum absolute atomic E-state index is 12.4. The minimum Gasteiger partial charge on any atom is -0.458 e. The normalized spacial score (nSPS) is 30.9. The number of allylic oxidation sites excluding steroid dienone is 1. The van der Waals surface area contributed by atoms with Crippen molar-refractivity contribution in [2.24, 2.45) is 5.92 Å². The van der Waals surface area contributed by atoms with E-state index < -0.39 is 49.4 Å². The Morgan fingerprint density at radius 3 is 2.71 bits per heavy atom. The Kier molecular flexibility index (Phi) is 7.70. The molecule has 1 aliphatic heterocycles. The number of hydrogen-bond donors (Lipinski definition) is 3. The summed E-state index contributed by atoms with van der Waals surface area (Å²) in [6.07, 6.45) is 1.85. The number of ether oxygens (including phenoxy) is 2. The molecule has 0 amide bonds. The lowest BCUT2D eigenvalue weighted by molar-refractivity contribution is -0.270. The zero-order valence-corrected chi connectivity index (χ0v) is 15.8. The van der Waals surface area contributed by atoms with Crippen LogP contribution in [0.3, 0.4) is 0 Å². The molecule has 3 N–H and O–H groups in total. The van der Waals surface area contributed by atoms with E-state index in [0.717, 1.165) is 11.6 Å². The Balaban J connectivity index is 2.41. The Bertz CT molecular complexity index is 705. The molecule has 1 heterocycles. The van der Waals surface area contributed by atoms with Crippen molar-refractivity contribution in [3.05, 3.63) is 47.6 Å². The van der Waals surface area contributed by atoms with Crippen molar-refractivity contribution in [1.29, 1.82) is 0 Å². The van der Waals surface area contributed by atoms with Gasteiger partial charge in [-0.05, 0) is 37.5 Å². The molecule has 0 bridgehead atoms. The lowest BCUT2D eigenvalue weighted by atomic mass is 9.84. The molecular weight excluding hydrogens is 368 g/mol. The van der Waals surface area contributed by atoms with Crippen LogP contribution in [-0.2, 0) is 24.0 Å². The van der Waals surface area contributed by atoms with E-state index in [-0.39, 0.29) is 17.6 Å². The number of aliphatic hydroxyl groups is 2. The van der Waals surface area contributed by atoms with E-state index >= 15 is 0 Å². The summed E-state index contributed by atoms with van der Waals surface area (Å²) in [7, 11) is 0. The summed E-state index contributed by atoms with van der Waals surface area (Å²) in [4.78, 5) is 29.1. The highest BCUT2D eigenvalue weighted by Crippen LogP contribution is 2.37. The van der Waals surface area contributed by atoms with Gasteiger partial charge in [-0.1, -0.05) is 18.7 Å². The second-order valence-electron chi connectivity index (χ2n) is 6.94. The van der Waals surface area contributed by atoms with E-state index in [2.05, 4.69) is 18.0 Å². The first-order valence-electron chi connectivity index (χ1n) is 8.99. The molecule has 1 saturated heterocycles. The summed E-state index contributed by atoms with van der Waals surface area (Å²) >= 11 is 0. The van der Waals surface area contributed by atoms with Crippen molar-refractivity contribution in [2.45, 2.75) is 44.5 Å². The molecule has 0 aromatic rings. The Morgan fingerprint density at radius 2 is 2.11 bits per heavy atom. The number of carbonyl (C=O) groups is 2. The summed E-state index contributed by atoms with van der Waals surface area (Å²) in [5, 5.41) is 27.5. The predicted molar refractivity (Wildman–Crippen MR) is 98.9 cm³/mol. The fourth-order valence-electron chi connectivity index (χ4n) is 3.40. The van der Waals surface area contributed by atoms with E-state index in [9.17, 15) is 20.0 Å². The fourth-order valence-corrected chi connectivity index (χ4v) is 3.40. The van der Waals surface area contributed by atoms with Gasteiger partial charge in [-0.25, -0.2) is 14.5 Å². The molecule has 28 heavy (non-hydrogen) atoms. The van der Waals surface area contributed by atoms with E-state index in [1.54, 1.807) is 6.08 Å². The zero-order chi connectivity index (χ0) is 20.8. The molecule has 0 radical (unpaired) electrons. The molecule has 8 nitrogen and oxygen atoms in total. The first kappa shape index (κ1) is 22.0. The van der Waals surface area contributed by atoms with Crippen LogP contribution in [0.15, 0.2) is 47.6 Å². The van der Waals surface area contributed by atoms with Gasteiger partial charge < -0.3 is 19.7 Å². The number of hydrogen-bond acceptors (Lipinski definition) is 8. The number of rotatable bonds is 5. The van der Waals surface area contributed by atoms with Gasteiger partial charge in [-0.15, -0.1) is 0 Å². The quantitative estimate of drug-likeness (QED) is 0.211. The Hall–Kier alpha value is -2.26. The smallest absolute Gasteiger partial charge is 0.336 e. The van der Waals surface area contributed by atoms with Crippen molar-refractivity contribution in [1.82, 2.24) is 0 Å². The minimum absolute atomic E-state index is 0.0957. The van der Waals surface area contributed by atoms with Crippen LogP contribution in [0.5, 0.6) is 0 Å². The summed E-state index contributed by atoms with van der Waals surface area (Å²) in [6.45, 7) is 8.52. The van der Waals surface area contributed by atoms with E-state index in [0.29, 0.717) is 18.4 Å². The average Bonchev–Trinajstić information content (AvgIpc) is 2.92. The van der Waals surface area contributed by atoms with Crippen LogP contribution in [0.4, 0.5) is 0 Å². The van der Waals surface area contributed by atoms with Crippen LogP contribution in [0.25, 0.3) is 0 Å². The maximum atomic E-state index is 12.4. The number of fused-ring (bicyclic) bond motifs is 1. The molecule has 0 spiro atoms. The monoisotopic (exact) mass is 394 g/mol. The Morgan fingerprint density at radius 1 is 1.39 bits per heavy atom. The second-order valence-corrected chi connectivity index (χ2v) is 6.94. The topological polar surface area (TPSA) is 123 Å². The van der Waals surface area contributed by atoms with Crippen molar-refractivity contribution in [3.8, 4) is 0 Å². The molecule has 2 rings (SSSR count). The Labute approximate surface area is 163 Å². The van der Waals surface area contributed by atoms with Crippen LogP contribution in [-0.4, -0.2) is 58.9 Å². The molecule has 0 saturated carbocycles. The van der Waals surface area contributed by atoms with Crippen LogP contribution in [0, 0.1) is 5.92 Å². The van der Waals surface area contributed by atoms with Gasteiger partial charge in [0.1, 0.15) is 18.3 Å². The molecule has 0 aromatic carbocycles. The molecule has 0 unspecified atom stereocenters. The van der Waals surface area contributed by atoms with Crippen LogP contribution < -0.4 is 0 Å². The van der Waals surface area contributed by atoms with Gasteiger partial charge in [0.05, 0.1) is 24.7 Å². The predicted octanol–water partition coefficient (Wildman–Crippen LogP) is 1.45. The number of aliphatic hydroxyl groups excluding tert-OH is 2. The van der Waals surface area contributed by atoms with E-state index in [1.165, 1.54) is 0 Å². The van der Waals surface area contributed by atoms with Crippen molar-refractivity contribution in [3.63, 3.8) is 0 Å². The van der Waals surface area contributed by atoms with Gasteiger partial charge in [0, 0.05) is 12.0 Å². The highest BCUT2D eigenvalue weighted by molar-refractivity contribution is 5.92. The maximum Gasteiger partial charge on any atom is 0.336 e. The molecule has 4 atom stereocenters. The fraction of sp³-hybridized carbons (Fsp3) is 0.500. The third kappa shape index (κ3) is 4.96. The highest BCUT2D eigenvalue weighted by Gasteiger charge is 2.45. The standard InChI is InChI=1S/C20H26O8/c1-11-4-5-15(28-25)12(2)9-17(27-20(24)14(10-22)6-7-21)18-13(3)19(23)26-16(18)8-11/h6,8,15-18,21-22,25H,2-5,7,9-10H2,1H3/b11-8+,14-6+/t15-,16-,17-,18-/m0/s1. The van der Waals surface area contributed by atoms with Crippen LogP contribution >= 0.6 is 0 Å². The summed E-state index contributed by atoms with van der Waals surface area (Å²) in [5.41, 5.74) is 1.45. The van der Waals surface area contributed by atoms with Crippen molar-refractivity contribution < 1.29 is 39.4 Å². The van der Waals surface area contributed by atoms with Gasteiger partial charge in [0.15, 0.2) is 0 Å². The van der Waals surface area contributed by atoms with Gasteiger partial charge in [0.25, 0.3) is 0 Å². The summed E-state index contributed by atoms with van der Waals surface area (Å²) < 4.78 is 11.0. The third-order valence-electron chi connectivity index (χ3n) is 4.99. The van der Waals surface area contributed by atoms with Gasteiger partial charge in [-0.2, -0.15) is 0 Å². The zero-order valence-electron chi connectivity index (χ0n) is 15.8. The average molecular weight is 394 g/mol. The summed E-state index contributed by atoms with van der Waals surface area (Å²) in [6, 6.07) is 0. The summed E-state index contributed by atoms with van der Waals surface area (Å²) in [5.74, 6) is -2.07. The molecule has 0 aromatic heterocycles. The largest absolute Gasteiger partial charge is 0.458 e. The number of carbonyl (C=O) groups excluding carboxylic acids is 2. The van der Waals surface area contributed by atoms with Crippen molar-refractivity contribution in [2.75, 3.05) is 13.2 Å². The molecule has 2 aliphatic rings. The third-order valence-corrected chi connectivity index (χ3v) is 4.99. The second kappa shape index (κ2) is 9.79. The van der Waals surface area contributed by atoms with Crippen molar-refractivity contribution >= 4 is 11.9 Å².